The van der Waals surface area contributed by atoms with Crippen molar-refractivity contribution in [1.82, 2.24) is 0 Å². The minimum absolute atomic E-state index is 0.556. The number of hydrogen-bond donors (Lipinski definition) is 0. The Kier molecular flexibility index (Phi) is 9.00. The standard InChI is InChI=1S/C6H5.2ClH.Ti/c1-2-4-6-5-3-1;;;/h1-5H;2*1H;/q;;;+2/p-2. The average Bonchev–Trinajstić information content (AvgIpc) is 1.93. The van der Waals surface area contributed by atoms with E-state index in [-0.39, 0.29) is 0 Å². The molecular formula is C6H5Cl2Ti. The Balaban J connectivity index is 0.000000187. The summed E-state index contributed by atoms with van der Waals surface area (Å²) in [5.41, 5.74) is 0. The summed E-state index contributed by atoms with van der Waals surface area (Å²) in [6.45, 7) is 0. The average molecular weight is 196 g/mol. The van der Waals surface area contributed by atoms with Crippen LogP contribution in [0.25, 0.3) is 0 Å². The first kappa shape index (κ1) is 9.51. The molecule has 47 valence electrons. The van der Waals surface area contributed by atoms with Crippen molar-refractivity contribution in [2.75, 3.05) is 0 Å². The van der Waals surface area contributed by atoms with Crippen LogP contribution < -0.4 is 0 Å². The molecule has 0 saturated carbocycles. The van der Waals surface area contributed by atoms with E-state index in [1.807, 2.05) is 30.3 Å². The maximum absolute atomic E-state index is 4.89. The Morgan fingerprint density at radius 3 is 1.56 bits per heavy atom. The van der Waals surface area contributed by atoms with Crippen molar-refractivity contribution < 1.29 is 17.0 Å². The van der Waals surface area contributed by atoms with Gasteiger partial charge < -0.3 is 0 Å². The van der Waals surface area contributed by atoms with E-state index in [9.17, 15) is 0 Å². The molecule has 3 heteroatoms. The van der Waals surface area contributed by atoms with Gasteiger partial charge in [-0.2, -0.15) is 0 Å². The SMILES string of the molecule is [Cl][Ti][Cl].[c]1ccccc1. The summed E-state index contributed by atoms with van der Waals surface area (Å²) in [6, 6.07) is 12.5. The van der Waals surface area contributed by atoms with E-state index in [2.05, 4.69) is 6.07 Å². The van der Waals surface area contributed by atoms with Crippen LogP contribution in [0, 0.1) is 6.07 Å². The molecule has 9 heavy (non-hydrogen) atoms. The van der Waals surface area contributed by atoms with Crippen LogP contribution in [0.1, 0.15) is 0 Å². The van der Waals surface area contributed by atoms with Crippen LogP contribution >= 0.6 is 18.6 Å². The van der Waals surface area contributed by atoms with E-state index in [0.717, 1.165) is 0 Å². The van der Waals surface area contributed by atoms with Crippen LogP contribution in [-0.4, -0.2) is 0 Å². The topological polar surface area (TPSA) is 0 Å². The number of rotatable bonds is 0. The van der Waals surface area contributed by atoms with Gasteiger partial charge in [-0.1, -0.05) is 30.3 Å². The van der Waals surface area contributed by atoms with Crippen molar-refractivity contribution in [3.63, 3.8) is 0 Å². The zero-order valence-corrected chi connectivity index (χ0v) is 7.72. The molecule has 0 aliphatic heterocycles. The van der Waals surface area contributed by atoms with E-state index in [1.54, 1.807) is 0 Å². The first-order valence-electron chi connectivity index (χ1n) is 2.29. The first-order chi connectivity index (χ1) is 4.41. The molecule has 1 aromatic rings. The third-order valence-electron chi connectivity index (χ3n) is 0.607. The second-order valence-corrected chi connectivity index (χ2v) is 3.73. The van der Waals surface area contributed by atoms with Gasteiger partial charge in [-0.3, -0.25) is 0 Å². The van der Waals surface area contributed by atoms with Gasteiger partial charge in [0, 0.05) is 0 Å². The molecule has 1 radical (unpaired) electrons. The fourth-order valence-electron chi connectivity index (χ4n) is 0.342. The number of halogens is 2. The Morgan fingerprint density at radius 1 is 1.00 bits per heavy atom. The summed E-state index contributed by atoms with van der Waals surface area (Å²) < 4.78 is 0. The van der Waals surface area contributed by atoms with E-state index in [1.165, 1.54) is 0 Å². The van der Waals surface area contributed by atoms with Crippen molar-refractivity contribution in [3.8, 4) is 0 Å². The predicted molar refractivity (Wildman–Crippen MR) is 37.0 cm³/mol. The van der Waals surface area contributed by atoms with Gasteiger partial charge in [0.15, 0.2) is 0 Å². The van der Waals surface area contributed by atoms with Crippen molar-refractivity contribution in [1.29, 1.82) is 0 Å². The summed E-state index contributed by atoms with van der Waals surface area (Å²) in [6.07, 6.45) is 0. The summed E-state index contributed by atoms with van der Waals surface area (Å²) in [7, 11) is 9.78. The molecule has 0 aliphatic carbocycles. The minimum atomic E-state index is -0.556. The maximum Gasteiger partial charge on any atom is -0.0184 e. The predicted octanol–water partition coefficient (Wildman–Crippen LogP) is 2.86. The molecule has 0 saturated heterocycles. The third kappa shape index (κ3) is 8.51. The summed E-state index contributed by atoms with van der Waals surface area (Å²) in [5.74, 6) is 0. The third-order valence-corrected chi connectivity index (χ3v) is 0.607. The van der Waals surface area contributed by atoms with Gasteiger partial charge in [-0.25, -0.2) is 0 Å². The molecule has 1 rings (SSSR count). The first-order valence-corrected chi connectivity index (χ1v) is 6.59. The smallest absolute Gasteiger partial charge is 0.0184 e. The van der Waals surface area contributed by atoms with Crippen molar-refractivity contribution in [3.05, 3.63) is 36.4 Å². The normalized spacial score (nSPS) is 6.89. The zero-order chi connectivity index (χ0) is 6.95. The van der Waals surface area contributed by atoms with Crippen LogP contribution in [0.4, 0.5) is 0 Å². The Bertz CT molecular complexity index is 93.9. The van der Waals surface area contributed by atoms with Gasteiger partial charge in [-0.15, -0.1) is 0 Å². The second kappa shape index (κ2) is 8.51. The fraction of sp³-hybridized carbons (Fsp3) is 0. The summed E-state index contributed by atoms with van der Waals surface area (Å²) >= 11 is -0.556. The Hall–Kier alpha value is 0.514. The van der Waals surface area contributed by atoms with Gasteiger partial charge in [0.25, 0.3) is 0 Å². The summed E-state index contributed by atoms with van der Waals surface area (Å²) in [4.78, 5) is 0. The van der Waals surface area contributed by atoms with E-state index in [4.69, 9.17) is 18.6 Å². The Labute approximate surface area is 71.9 Å². The van der Waals surface area contributed by atoms with Gasteiger partial charge >= 0.3 is 35.6 Å². The second-order valence-electron chi connectivity index (χ2n) is 1.15. The monoisotopic (exact) mass is 195 g/mol. The molecule has 1 aromatic carbocycles. The summed E-state index contributed by atoms with van der Waals surface area (Å²) in [5, 5.41) is 0. The van der Waals surface area contributed by atoms with Crippen molar-refractivity contribution in [2.45, 2.75) is 0 Å². The van der Waals surface area contributed by atoms with Crippen LogP contribution in [-0.2, 0) is 17.0 Å². The quantitative estimate of drug-likeness (QED) is 0.559. The molecule has 0 unspecified atom stereocenters. The molecule has 0 heterocycles. The van der Waals surface area contributed by atoms with Gasteiger partial charge in [0.05, 0.1) is 0 Å². The van der Waals surface area contributed by atoms with E-state index >= 15 is 0 Å². The fourth-order valence-corrected chi connectivity index (χ4v) is 0.342. The Morgan fingerprint density at radius 2 is 1.44 bits per heavy atom. The molecule has 0 nitrogen and oxygen atoms in total. The largest absolute Gasteiger partial charge is 0.0622 e. The molecule has 0 aromatic heterocycles. The molecule has 0 bridgehead atoms. The van der Waals surface area contributed by atoms with Gasteiger partial charge in [0.2, 0.25) is 0 Å². The molecule has 0 amide bonds. The van der Waals surface area contributed by atoms with Crippen LogP contribution in [0.3, 0.4) is 0 Å². The van der Waals surface area contributed by atoms with E-state index in [0.29, 0.717) is 0 Å². The number of hydrogen-bond acceptors (Lipinski definition) is 0. The molecule has 0 spiro atoms. The van der Waals surface area contributed by atoms with Crippen LogP contribution in [0.15, 0.2) is 30.3 Å². The zero-order valence-electron chi connectivity index (χ0n) is 4.64. The van der Waals surface area contributed by atoms with Gasteiger partial charge in [-0.05, 0) is 6.07 Å². The number of benzene rings is 1. The molecule has 0 fully saturated rings. The van der Waals surface area contributed by atoms with Crippen molar-refractivity contribution >= 4 is 18.6 Å². The molecule has 0 atom stereocenters. The minimum Gasteiger partial charge on any atom is -0.0622 e. The maximum atomic E-state index is 4.89. The molecule has 0 N–H and O–H groups in total. The van der Waals surface area contributed by atoms with Crippen molar-refractivity contribution in [2.24, 2.45) is 0 Å². The van der Waals surface area contributed by atoms with Crippen LogP contribution in [0.2, 0.25) is 0 Å². The van der Waals surface area contributed by atoms with Gasteiger partial charge in [0.1, 0.15) is 0 Å². The molecule has 0 aliphatic rings. The molecular weight excluding hydrogens is 191 g/mol. The van der Waals surface area contributed by atoms with E-state index < -0.39 is 17.0 Å². The van der Waals surface area contributed by atoms with Crippen LogP contribution in [0.5, 0.6) is 0 Å².